The normalized spacial score (nSPS) is 20.5. The van der Waals surface area contributed by atoms with Gasteiger partial charge in [0.05, 0.1) is 5.56 Å². The lowest BCUT2D eigenvalue weighted by Gasteiger charge is -2.32. The van der Waals surface area contributed by atoms with Gasteiger partial charge in [-0.05, 0) is 74.3 Å². The summed E-state index contributed by atoms with van der Waals surface area (Å²) in [5, 5.41) is 2.76. The molecule has 3 nitrogen and oxygen atoms in total. The molecule has 4 rings (SSSR count). The SMILES string of the molecule is O=C(NCc1ccccc1C(F)(F)F)C1CC12CCN(CCCc1ccccc1)CC2. The van der Waals surface area contributed by atoms with Crippen molar-refractivity contribution in [3.05, 3.63) is 71.3 Å². The van der Waals surface area contributed by atoms with E-state index in [4.69, 9.17) is 0 Å². The zero-order valence-corrected chi connectivity index (χ0v) is 17.6. The van der Waals surface area contributed by atoms with E-state index >= 15 is 0 Å². The van der Waals surface area contributed by atoms with E-state index in [0.717, 1.165) is 57.8 Å². The highest BCUT2D eigenvalue weighted by molar-refractivity contribution is 5.82. The third kappa shape index (κ3) is 5.29. The second-order valence-electron chi connectivity index (χ2n) is 8.92. The first-order chi connectivity index (χ1) is 14.9. The second kappa shape index (κ2) is 9.03. The summed E-state index contributed by atoms with van der Waals surface area (Å²) in [7, 11) is 0. The Labute approximate surface area is 181 Å². The maximum absolute atomic E-state index is 13.1. The molecular formula is C25H29F3N2O. The van der Waals surface area contributed by atoms with Crippen molar-refractivity contribution in [2.45, 2.75) is 44.8 Å². The lowest BCUT2D eigenvalue weighted by Crippen LogP contribution is -2.37. The molecule has 2 fully saturated rings. The first kappa shape index (κ1) is 21.9. The first-order valence-electron chi connectivity index (χ1n) is 11.1. The summed E-state index contributed by atoms with van der Waals surface area (Å²) in [4.78, 5) is 15.1. The Bertz CT molecular complexity index is 889. The van der Waals surface area contributed by atoms with Crippen molar-refractivity contribution < 1.29 is 18.0 Å². The summed E-state index contributed by atoms with van der Waals surface area (Å²) in [6.45, 7) is 2.98. The van der Waals surface area contributed by atoms with Crippen LogP contribution in [0.4, 0.5) is 13.2 Å². The van der Waals surface area contributed by atoms with Crippen LogP contribution in [-0.4, -0.2) is 30.4 Å². The maximum Gasteiger partial charge on any atom is 0.416 e. The highest BCUT2D eigenvalue weighted by Gasteiger charge is 2.58. The molecule has 1 atom stereocenters. The van der Waals surface area contributed by atoms with E-state index in [0.29, 0.717) is 0 Å². The van der Waals surface area contributed by atoms with E-state index in [2.05, 4.69) is 34.5 Å². The van der Waals surface area contributed by atoms with Crippen LogP contribution in [0, 0.1) is 11.3 Å². The van der Waals surface area contributed by atoms with Crippen molar-refractivity contribution in [1.82, 2.24) is 10.2 Å². The fraction of sp³-hybridized carbons (Fsp3) is 0.480. The van der Waals surface area contributed by atoms with Crippen molar-refractivity contribution in [2.75, 3.05) is 19.6 Å². The zero-order chi connectivity index (χ0) is 21.9. The van der Waals surface area contributed by atoms with Crippen LogP contribution in [0.25, 0.3) is 0 Å². The summed E-state index contributed by atoms with van der Waals surface area (Å²) >= 11 is 0. The van der Waals surface area contributed by atoms with Gasteiger partial charge < -0.3 is 10.2 Å². The first-order valence-corrected chi connectivity index (χ1v) is 11.1. The molecule has 1 saturated heterocycles. The zero-order valence-electron chi connectivity index (χ0n) is 17.6. The summed E-state index contributed by atoms with van der Waals surface area (Å²) in [5.41, 5.74) is 0.863. The van der Waals surface area contributed by atoms with Crippen LogP contribution in [-0.2, 0) is 23.9 Å². The highest BCUT2D eigenvalue weighted by Crippen LogP contribution is 2.59. The van der Waals surface area contributed by atoms with Gasteiger partial charge in [0.1, 0.15) is 0 Å². The number of piperidine rings is 1. The number of halogens is 3. The summed E-state index contributed by atoms with van der Waals surface area (Å²) in [6.07, 6.45) is 0.644. The Hall–Kier alpha value is -2.34. The van der Waals surface area contributed by atoms with Crippen LogP contribution in [0.1, 0.15) is 42.4 Å². The number of aryl methyl sites for hydroxylation is 1. The Morgan fingerprint density at radius 3 is 2.42 bits per heavy atom. The van der Waals surface area contributed by atoms with Gasteiger partial charge in [-0.1, -0.05) is 48.5 Å². The van der Waals surface area contributed by atoms with Crippen LogP contribution in [0.15, 0.2) is 54.6 Å². The Morgan fingerprint density at radius 1 is 1.03 bits per heavy atom. The molecule has 1 saturated carbocycles. The largest absolute Gasteiger partial charge is 0.416 e. The molecule has 31 heavy (non-hydrogen) atoms. The number of benzene rings is 2. The second-order valence-corrected chi connectivity index (χ2v) is 8.92. The summed E-state index contributed by atoms with van der Waals surface area (Å²) < 4.78 is 39.4. The molecule has 166 valence electrons. The molecule has 1 heterocycles. The lowest BCUT2D eigenvalue weighted by atomic mass is 9.90. The molecular weight excluding hydrogens is 401 g/mol. The minimum atomic E-state index is -4.41. The van der Waals surface area contributed by atoms with Gasteiger partial charge in [-0.15, -0.1) is 0 Å². The van der Waals surface area contributed by atoms with Crippen LogP contribution < -0.4 is 5.32 Å². The molecule has 1 unspecified atom stereocenters. The van der Waals surface area contributed by atoms with Crippen molar-refractivity contribution in [3.8, 4) is 0 Å². The van der Waals surface area contributed by atoms with E-state index in [1.807, 2.05) is 6.07 Å². The van der Waals surface area contributed by atoms with Crippen LogP contribution in [0.5, 0.6) is 0 Å². The molecule has 0 bridgehead atoms. The number of hydrogen-bond donors (Lipinski definition) is 1. The highest BCUT2D eigenvalue weighted by atomic mass is 19.4. The molecule has 2 aromatic rings. The number of rotatable bonds is 7. The van der Waals surface area contributed by atoms with Gasteiger partial charge >= 0.3 is 6.18 Å². The van der Waals surface area contributed by atoms with Gasteiger partial charge in [0, 0.05) is 12.5 Å². The summed E-state index contributed by atoms with van der Waals surface area (Å²) in [5.74, 6) is -0.161. The molecule has 1 amide bonds. The van der Waals surface area contributed by atoms with Crippen LogP contribution in [0.3, 0.4) is 0 Å². The van der Waals surface area contributed by atoms with Crippen molar-refractivity contribution in [3.63, 3.8) is 0 Å². The number of nitrogens with zero attached hydrogens (tertiary/aromatic N) is 1. The monoisotopic (exact) mass is 430 g/mol. The number of carbonyl (C=O) groups is 1. The minimum Gasteiger partial charge on any atom is -0.352 e. The van der Waals surface area contributed by atoms with Crippen molar-refractivity contribution in [1.29, 1.82) is 0 Å². The number of hydrogen-bond acceptors (Lipinski definition) is 2. The third-order valence-electron chi connectivity index (χ3n) is 6.92. The van der Waals surface area contributed by atoms with Gasteiger partial charge in [0.25, 0.3) is 0 Å². The maximum atomic E-state index is 13.1. The minimum absolute atomic E-state index is 0.0583. The van der Waals surface area contributed by atoms with E-state index < -0.39 is 11.7 Å². The van der Waals surface area contributed by atoms with E-state index in [1.165, 1.54) is 17.7 Å². The van der Waals surface area contributed by atoms with Crippen LogP contribution in [0.2, 0.25) is 0 Å². The predicted molar refractivity (Wildman–Crippen MR) is 114 cm³/mol. The molecule has 1 aliphatic heterocycles. The van der Waals surface area contributed by atoms with Crippen molar-refractivity contribution >= 4 is 5.91 Å². The van der Waals surface area contributed by atoms with Gasteiger partial charge in [0.2, 0.25) is 5.91 Å². The van der Waals surface area contributed by atoms with E-state index in [9.17, 15) is 18.0 Å². The Morgan fingerprint density at radius 2 is 1.71 bits per heavy atom. The average molecular weight is 431 g/mol. The number of amides is 1. The molecule has 2 aliphatic rings. The third-order valence-corrected chi connectivity index (χ3v) is 6.92. The molecule has 0 radical (unpaired) electrons. The van der Waals surface area contributed by atoms with Crippen molar-refractivity contribution in [2.24, 2.45) is 11.3 Å². The lowest BCUT2D eigenvalue weighted by molar-refractivity contribution is -0.138. The van der Waals surface area contributed by atoms with Gasteiger partial charge in [-0.3, -0.25) is 4.79 Å². The topological polar surface area (TPSA) is 32.3 Å². The molecule has 0 aromatic heterocycles. The molecule has 6 heteroatoms. The van der Waals surface area contributed by atoms with Gasteiger partial charge in [-0.2, -0.15) is 13.2 Å². The number of carbonyl (C=O) groups excluding carboxylic acids is 1. The van der Waals surface area contributed by atoms with E-state index in [1.54, 1.807) is 6.07 Å². The van der Waals surface area contributed by atoms with Gasteiger partial charge in [0.15, 0.2) is 0 Å². The molecule has 2 aromatic carbocycles. The predicted octanol–water partition coefficient (Wildman–Crippen LogP) is 5.06. The van der Waals surface area contributed by atoms with Gasteiger partial charge in [-0.25, -0.2) is 0 Å². The Balaban J connectivity index is 1.21. The van der Waals surface area contributed by atoms with E-state index in [-0.39, 0.29) is 29.3 Å². The quantitative estimate of drug-likeness (QED) is 0.666. The number of likely N-dealkylation sites (tertiary alicyclic amines) is 1. The average Bonchev–Trinajstić information content (AvgIpc) is 3.47. The fourth-order valence-electron chi connectivity index (χ4n) is 4.90. The smallest absolute Gasteiger partial charge is 0.352 e. The molecule has 1 N–H and O–H groups in total. The standard InChI is InChI=1S/C25H29F3N2O/c26-25(27,28)21-11-5-4-10-20(21)18-29-23(31)22-17-24(22)12-15-30(16-13-24)14-6-9-19-7-2-1-3-8-19/h1-5,7-8,10-11,22H,6,9,12-18H2,(H,29,31). The molecule has 1 aliphatic carbocycles. The number of alkyl halides is 3. The molecule has 1 spiro atoms. The Kier molecular flexibility index (Phi) is 6.37. The van der Waals surface area contributed by atoms with Crippen LogP contribution >= 0.6 is 0 Å². The number of nitrogens with one attached hydrogen (secondary N) is 1. The fourth-order valence-corrected chi connectivity index (χ4v) is 4.90. The summed E-state index contributed by atoms with van der Waals surface area (Å²) in [6, 6.07) is 15.9.